The van der Waals surface area contributed by atoms with Crippen molar-refractivity contribution in [1.29, 1.82) is 0 Å². The first kappa shape index (κ1) is 115. The van der Waals surface area contributed by atoms with E-state index in [-0.39, 0.29) is 6.10 Å². The first-order chi connectivity index (χ1) is 47.2. The summed E-state index contributed by atoms with van der Waals surface area (Å²) in [5.74, 6) is 0. The molecule has 0 spiro atoms. The minimum atomic E-state index is -2.92. The van der Waals surface area contributed by atoms with Crippen LogP contribution in [0.5, 0.6) is 0 Å². The predicted octanol–water partition coefficient (Wildman–Crippen LogP) is 21.0. The van der Waals surface area contributed by atoms with Gasteiger partial charge in [0.05, 0.1) is 0 Å². The Balaban J connectivity index is 5.93. The van der Waals surface area contributed by atoms with E-state index < -0.39 is 222 Å². The second kappa shape index (κ2) is 39.2. The summed E-state index contributed by atoms with van der Waals surface area (Å²) < 4.78 is 179. The Morgan fingerprint density at radius 2 is 0.218 bits per heavy atom. The standard InChI is InChI=1S/C58H170O26Si26/c1-56-57-85(4,5)60-87(8,9)62-89(12,13)64-91(16,17)66-93(20,21)68-95(24,25)70-97(28,29)72-99(32,33)74-101(36,37)76-103(40,41)78-105(44,45)80-107(48,49)82-109(52,53)84-110(54,55)83-108(50,51)81-106(46,47)79-104(42,43)77-102(38,39)75-100(34,35)73-98(30,31)71-96(26,27)69-94(22,23)67-92(18,19)65-90(14,15)63-88(10,11)61-86(6,7)59-58(2)3/h58H,56-57H2,1-55H3. The Hall–Kier alpha value is 4.60. The van der Waals surface area contributed by atoms with Gasteiger partial charge in [-0.3, -0.25) is 0 Å². The van der Waals surface area contributed by atoms with Crippen LogP contribution < -0.4 is 0 Å². The van der Waals surface area contributed by atoms with Crippen molar-refractivity contribution >= 4 is 222 Å². The second-order valence-corrected chi connectivity index (χ2v) is 136. The molecule has 662 valence electrons. The summed E-state index contributed by atoms with van der Waals surface area (Å²) in [5.41, 5.74) is 0. The zero-order valence-electron chi connectivity index (χ0n) is 80.6. The summed E-state index contributed by atoms with van der Waals surface area (Å²) in [7, 11) is -72.2. The normalized spacial score (nSPS) is 16.1. The first-order valence-corrected chi connectivity index (χ1v) is 113. The van der Waals surface area contributed by atoms with Crippen LogP contribution in [-0.4, -0.2) is 228 Å². The summed E-state index contributed by atoms with van der Waals surface area (Å²) in [5, 5.41) is 0. The van der Waals surface area contributed by atoms with E-state index in [2.05, 4.69) is 347 Å². The van der Waals surface area contributed by atoms with Gasteiger partial charge in [-0.15, -0.1) is 0 Å². The Morgan fingerprint density at radius 3 is 0.300 bits per heavy atom. The van der Waals surface area contributed by atoms with Gasteiger partial charge in [-0.05, 0) is 360 Å². The van der Waals surface area contributed by atoms with Crippen molar-refractivity contribution in [3.63, 3.8) is 0 Å². The fraction of sp³-hybridized carbons (Fsp3) is 1.00. The molecule has 0 rings (SSSR count). The minimum Gasteiger partial charge on any atom is -0.436 e. The highest BCUT2D eigenvalue weighted by Crippen LogP contribution is 2.37. The van der Waals surface area contributed by atoms with Crippen LogP contribution in [0, 0.1) is 0 Å². The average Bonchev–Trinajstić information content (AvgIpc) is 0.799. The van der Waals surface area contributed by atoms with E-state index in [9.17, 15) is 0 Å². The van der Waals surface area contributed by atoms with Gasteiger partial charge < -0.3 is 107 Å². The highest BCUT2D eigenvalue weighted by molar-refractivity contribution is 6.98. The van der Waals surface area contributed by atoms with Gasteiger partial charge in [0.25, 0.3) is 0 Å². The molecule has 0 aromatic heterocycles. The molecular weight excluding hydrogens is 1840 g/mol. The van der Waals surface area contributed by atoms with Crippen molar-refractivity contribution in [1.82, 2.24) is 0 Å². The number of hydrogen-bond acceptors (Lipinski definition) is 26. The van der Waals surface area contributed by atoms with Crippen LogP contribution in [0.3, 0.4) is 0 Å². The van der Waals surface area contributed by atoms with Crippen LogP contribution in [0.2, 0.25) is 346 Å². The molecule has 0 saturated heterocycles. The van der Waals surface area contributed by atoms with Crippen molar-refractivity contribution < 1.29 is 107 Å². The topological polar surface area (TPSA) is 240 Å². The van der Waals surface area contributed by atoms with Gasteiger partial charge in [-0.25, -0.2) is 0 Å². The summed E-state index contributed by atoms with van der Waals surface area (Å²) >= 11 is 0. The molecule has 0 aliphatic carbocycles. The van der Waals surface area contributed by atoms with E-state index in [0.717, 1.165) is 12.5 Å². The molecule has 0 N–H and O–H groups in total. The maximum atomic E-state index is 7.01. The maximum Gasteiger partial charge on any atom is 0.323 e. The molecule has 0 fully saturated rings. The molecule has 0 unspecified atom stereocenters. The van der Waals surface area contributed by atoms with Gasteiger partial charge in [-0.2, -0.15) is 0 Å². The summed E-state index contributed by atoms with van der Waals surface area (Å²) in [6.45, 7) is 114. The minimum absolute atomic E-state index is 0.0696. The summed E-state index contributed by atoms with van der Waals surface area (Å²) in [6.07, 6.45) is 1.17. The Kier molecular flexibility index (Phi) is 40.9. The molecule has 26 nitrogen and oxygen atoms in total. The lowest BCUT2D eigenvalue weighted by molar-refractivity contribution is 0.175. The fourth-order valence-electron chi connectivity index (χ4n) is 16.6. The zero-order valence-corrected chi connectivity index (χ0v) is 107. The van der Waals surface area contributed by atoms with Crippen LogP contribution in [0.15, 0.2) is 0 Å². The molecule has 0 radical (unpaired) electrons. The molecule has 0 aromatic carbocycles. The monoisotopic (exact) mass is 2010 g/mol. The lowest BCUT2D eigenvalue weighted by atomic mass is 10.5. The third-order valence-electron chi connectivity index (χ3n) is 13.7. The van der Waals surface area contributed by atoms with E-state index in [0.29, 0.717) is 0 Å². The smallest absolute Gasteiger partial charge is 0.323 e. The van der Waals surface area contributed by atoms with Crippen LogP contribution in [0.4, 0.5) is 0 Å². The SMILES string of the molecule is CCC[Si](C)(C)O[Si](C)(C)O[Si](C)(C)O[Si](C)(C)O[Si](C)(C)O[Si](C)(C)O[Si](C)(C)O[Si](C)(C)O[Si](C)(C)O[Si](C)(C)O[Si](C)(C)O[Si](C)(C)O[Si](C)(C)O[Si](C)(C)O[Si](C)(C)O[Si](C)(C)O[Si](C)(C)O[Si](C)(C)O[Si](C)(C)O[Si](C)(C)O[Si](C)(C)O[Si](C)(C)O[Si](C)(C)O[Si](C)(C)O[Si](C)(C)O[Si](C)(C)OC(C)C. The molecule has 0 bridgehead atoms. The van der Waals surface area contributed by atoms with Crippen LogP contribution in [0.25, 0.3) is 0 Å². The molecule has 110 heavy (non-hydrogen) atoms. The number of rotatable bonds is 54. The van der Waals surface area contributed by atoms with E-state index in [1.54, 1.807) is 0 Å². The predicted molar refractivity (Wildman–Crippen MR) is 513 cm³/mol. The molecule has 0 atom stereocenters. The van der Waals surface area contributed by atoms with Crippen LogP contribution in [-0.2, 0) is 107 Å². The van der Waals surface area contributed by atoms with Crippen molar-refractivity contribution in [3.8, 4) is 0 Å². The Labute approximate surface area is 703 Å². The highest BCUT2D eigenvalue weighted by atomic mass is 28.6. The van der Waals surface area contributed by atoms with Gasteiger partial charge in [-0.1, -0.05) is 13.3 Å². The van der Waals surface area contributed by atoms with Crippen molar-refractivity contribution in [2.45, 2.75) is 380 Å². The molecule has 0 saturated carbocycles. The zero-order chi connectivity index (χ0) is 88.4. The third kappa shape index (κ3) is 52.4. The van der Waals surface area contributed by atoms with Crippen molar-refractivity contribution in [2.24, 2.45) is 0 Å². The summed E-state index contributed by atoms with van der Waals surface area (Å²) in [6, 6.07) is 1.09. The number of hydrogen-bond donors (Lipinski definition) is 0. The fourth-order valence-corrected chi connectivity index (χ4v) is 152. The molecule has 0 aliphatic heterocycles. The molecule has 0 aliphatic rings. The second-order valence-electron chi connectivity index (χ2n) is 41.2. The molecule has 0 aromatic rings. The molecule has 0 heterocycles. The van der Waals surface area contributed by atoms with Gasteiger partial charge in [0, 0.05) is 6.10 Å². The quantitative estimate of drug-likeness (QED) is 0.0514. The maximum absolute atomic E-state index is 7.01. The highest BCUT2D eigenvalue weighted by Gasteiger charge is 2.57. The van der Waals surface area contributed by atoms with Crippen molar-refractivity contribution in [2.75, 3.05) is 0 Å². The van der Waals surface area contributed by atoms with Gasteiger partial charge in [0.1, 0.15) is 0 Å². The molecule has 52 heteroatoms. The third-order valence-corrected chi connectivity index (χ3v) is 115. The Morgan fingerprint density at radius 1 is 0.136 bits per heavy atom. The van der Waals surface area contributed by atoms with Crippen LogP contribution in [0.1, 0.15) is 27.2 Å². The van der Waals surface area contributed by atoms with E-state index in [1.165, 1.54) is 0 Å². The van der Waals surface area contributed by atoms with Gasteiger partial charge in [0.2, 0.25) is 0 Å². The van der Waals surface area contributed by atoms with E-state index >= 15 is 0 Å². The lowest BCUT2D eigenvalue weighted by Crippen LogP contribution is -2.63. The molecule has 0 amide bonds. The van der Waals surface area contributed by atoms with E-state index in [1.807, 2.05) is 13.8 Å². The Bertz CT molecular complexity index is 2850. The first-order valence-electron chi connectivity index (χ1n) is 39.4. The summed E-state index contributed by atoms with van der Waals surface area (Å²) in [4.78, 5) is 0. The largest absolute Gasteiger partial charge is 0.436 e. The van der Waals surface area contributed by atoms with Gasteiger partial charge in [0.15, 0.2) is 8.32 Å². The lowest BCUT2D eigenvalue weighted by Gasteiger charge is -2.45. The van der Waals surface area contributed by atoms with E-state index in [4.69, 9.17) is 107 Å². The van der Waals surface area contributed by atoms with Crippen molar-refractivity contribution in [3.05, 3.63) is 0 Å². The van der Waals surface area contributed by atoms with Crippen LogP contribution >= 0.6 is 0 Å². The van der Waals surface area contributed by atoms with Gasteiger partial charge >= 0.3 is 214 Å². The average molecular weight is 2010 g/mol. The molecular formula is C58H170O26Si26.